The smallest absolute Gasteiger partial charge is 0.193 e. The molecular weight excluding hydrogens is 403 g/mol. The fourth-order valence-electron chi connectivity index (χ4n) is 2.77. The molecule has 1 aliphatic heterocycles. The van der Waals surface area contributed by atoms with Crippen LogP contribution in [0.2, 0.25) is 10.0 Å². The van der Waals surface area contributed by atoms with Crippen molar-refractivity contribution in [2.24, 2.45) is 0 Å². The molecule has 0 radical (unpaired) electrons. The van der Waals surface area contributed by atoms with Crippen molar-refractivity contribution in [3.8, 4) is 5.75 Å². The Labute approximate surface area is 159 Å². The monoisotopic (exact) mass is 416 g/mol. The molecule has 0 fully saturated rings. The van der Waals surface area contributed by atoms with Crippen LogP contribution in [0.15, 0.2) is 24.5 Å². The van der Waals surface area contributed by atoms with Crippen LogP contribution in [0.25, 0.3) is 10.7 Å². The maximum Gasteiger partial charge on any atom is 0.193 e. The normalized spacial score (nSPS) is 17.7. The van der Waals surface area contributed by atoms with E-state index in [0.29, 0.717) is 0 Å². The minimum atomic E-state index is -4.18. The SMILES string of the molecule is CC1(C)c2nccnc2C(O)=C(c2c(Cl)ccc(Cl)c2OCO)S1(=O)=O. The first-order valence-corrected chi connectivity index (χ1v) is 9.60. The van der Waals surface area contributed by atoms with E-state index in [1.54, 1.807) is 0 Å². The number of sulfone groups is 1. The Balaban J connectivity index is 2.48. The van der Waals surface area contributed by atoms with Gasteiger partial charge in [0, 0.05) is 12.4 Å². The zero-order valence-corrected chi connectivity index (χ0v) is 16.0. The summed E-state index contributed by atoms with van der Waals surface area (Å²) in [5.74, 6) is -0.769. The summed E-state index contributed by atoms with van der Waals surface area (Å²) < 4.78 is 30.2. The number of halogens is 2. The molecule has 26 heavy (non-hydrogen) atoms. The molecule has 1 aliphatic rings. The minimum absolute atomic E-state index is 0.0216. The topological polar surface area (TPSA) is 110 Å². The zero-order valence-electron chi connectivity index (χ0n) is 13.7. The van der Waals surface area contributed by atoms with Crippen molar-refractivity contribution < 1.29 is 23.4 Å². The van der Waals surface area contributed by atoms with E-state index >= 15 is 0 Å². The summed E-state index contributed by atoms with van der Waals surface area (Å²) in [5.41, 5.74) is -0.00700. The molecule has 0 spiro atoms. The number of aliphatic hydroxyl groups is 2. The van der Waals surface area contributed by atoms with Crippen molar-refractivity contribution in [2.45, 2.75) is 18.6 Å². The molecule has 2 N–H and O–H groups in total. The number of aliphatic hydroxyl groups excluding tert-OH is 2. The molecule has 0 amide bonds. The van der Waals surface area contributed by atoms with Crippen LogP contribution in [0.3, 0.4) is 0 Å². The standard InChI is InChI=1S/C16H14Cl2N2O5S/c1-16(2)15-11(19-5-6-20-15)12(22)14(26(16,23)24)10-8(17)3-4-9(18)13(10)25-7-21/h3-6,21-22H,7H2,1-2H3. The van der Waals surface area contributed by atoms with E-state index in [-0.39, 0.29) is 32.7 Å². The highest BCUT2D eigenvalue weighted by Crippen LogP contribution is 2.51. The van der Waals surface area contributed by atoms with Crippen LogP contribution in [0.5, 0.6) is 5.75 Å². The lowest BCUT2D eigenvalue weighted by Crippen LogP contribution is -2.36. The van der Waals surface area contributed by atoms with Gasteiger partial charge in [-0.1, -0.05) is 23.2 Å². The van der Waals surface area contributed by atoms with Gasteiger partial charge < -0.3 is 14.9 Å². The van der Waals surface area contributed by atoms with Crippen molar-refractivity contribution in [3.05, 3.63) is 51.5 Å². The molecule has 0 saturated carbocycles. The highest BCUT2D eigenvalue weighted by molar-refractivity contribution is 8.01. The second-order valence-electron chi connectivity index (χ2n) is 5.95. The zero-order chi connectivity index (χ0) is 19.3. The number of benzene rings is 1. The predicted molar refractivity (Wildman–Crippen MR) is 97.6 cm³/mol. The van der Waals surface area contributed by atoms with Crippen LogP contribution in [0.1, 0.15) is 30.8 Å². The highest BCUT2D eigenvalue weighted by Gasteiger charge is 2.50. The number of fused-ring (bicyclic) bond motifs is 1. The van der Waals surface area contributed by atoms with Crippen molar-refractivity contribution in [2.75, 3.05) is 6.79 Å². The van der Waals surface area contributed by atoms with Gasteiger partial charge in [-0.25, -0.2) is 13.4 Å². The number of ether oxygens (including phenoxy) is 1. The summed E-state index contributed by atoms with van der Waals surface area (Å²) in [6, 6.07) is 2.77. The van der Waals surface area contributed by atoms with Crippen LogP contribution >= 0.6 is 23.2 Å². The Kier molecular flexibility index (Phi) is 4.64. The van der Waals surface area contributed by atoms with Gasteiger partial charge in [-0.2, -0.15) is 0 Å². The Morgan fingerprint density at radius 1 is 1.15 bits per heavy atom. The van der Waals surface area contributed by atoms with Gasteiger partial charge in [-0.3, -0.25) is 4.98 Å². The molecule has 0 bridgehead atoms. The van der Waals surface area contributed by atoms with Gasteiger partial charge in [0.05, 0.1) is 21.3 Å². The molecule has 2 aromatic rings. The van der Waals surface area contributed by atoms with Crippen LogP contribution in [0.4, 0.5) is 0 Å². The van der Waals surface area contributed by atoms with E-state index in [2.05, 4.69) is 9.97 Å². The lowest BCUT2D eigenvalue weighted by atomic mass is 10.0. The second kappa shape index (κ2) is 6.38. The molecule has 1 aromatic heterocycles. The van der Waals surface area contributed by atoms with E-state index in [1.165, 1.54) is 38.4 Å². The molecule has 7 nitrogen and oxygen atoms in total. The first-order chi connectivity index (χ1) is 12.1. The lowest BCUT2D eigenvalue weighted by molar-refractivity contribution is 0.0984. The maximum atomic E-state index is 13.3. The van der Waals surface area contributed by atoms with Crippen molar-refractivity contribution in [1.29, 1.82) is 0 Å². The summed E-state index contributed by atoms with van der Waals surface area (Å²) in [7, 11) is -4.18. The Bertz CT molecular complexity index is 1030. The van der Waals surface area contributed by atoms with Gasteiger partial charge in [0.15, 0.2) is 28.1 Å². The maximum absolute atomic E-state index is 13.3. The van der Waals surface area contributed by atoms with Gasteiger partial charge >= 0.3 is 0 Å². The number of aromatic nitrogens is 2. The third-order valence-corrected chi connectivity index (χ3v) is 7.23. The molecule has 0 saturated heterocycles. The summed E-state index contributed by atoms with van der Waals surface area (Å²) in [6.07, 6.45) is 2.69. The van der Waals surface area contributed by atoms with Gasteiger partial charge in [-0.05, 0) is 26.0 Å². The summed E-state index contributed by atoms with van der Waals surface area (Å²) in [5, 5.41) is 19.9. The number of rotatable bonds is 3. The average molecular weight is 417 g/mol. The van der Waals surface area contributed by atoms with E-state index in [9.17, 15) is 13.5 Å². The van der Waals surface area contributed by atoms with Gasteiger partial charge in [0.1, 0.15) is 15.3 Å². The molecule has 10 heteroatoms. The Morgan fingerprint density at radius 2 is 1.77 bits per heavy atom. The van der Waals surface area contributed by atoms with E-state index in [4.69, 9.17) is 33.0 Å². The molecule has 1 aromatic carbocycles. The average Bonchev–Trinajstić information content (AvgIpc) is 2.59. The van der Waals surface area contributed by atoms with Crippen LogP contribution < -0.4 is 4.74 Å². The number of hydrogen-bond donors (Lipinski definition) is 2. The largest absolute Gasteiger partial charge is 0.504 e. The van der Waals surface area contributed by atoms with Crippen molar-refractivity contribution in [1.82, 2.24) is 9.97 Å². The van der Waals surface area contributed by atoms with E-state index in [0.717, 1.165) is 0 Å². The predicted octanol–water partition coefficient (Wildman–Crippen LogP) is 3.16. The van der Waals surface area contributed by atoms with Crippen LogP contribution in [0, 0.1) is 0 Å². The van der Waals surface area contributed by atoms with Gasteiger partial charge in [-0.15, -0.1) is 0 Å². The molecule has 0 unspecified atom stereocenters. The van der Waals surface area contributed by atoms with E-state index in [1.807, 2.05) is 0 Å². The molecule has 2 heterocycles. The van der Waals surface area contributed by atoms with Gasteiger partial charge in [0.25, 0.3) is 0 Å². The Morgan fingerprint density at radius 3 is 2.42 bits per heavy atom. The van der Waals surface area contributed by atoms with E-state index < -0.39 is 32.0 Å². The fourth-order valence-corrected chi connectivity index (χ4v) is 5.02. The first kappa shape index (κ1) is 18.9. The summed E-state index contributed by atoms with van der Waals surface area (Å²) >= 11 is 12.3. The Hall–Kier alpha value is -1.87. The lowest BCUT2D eigenvalue weighted by Gasteiger charge is -2.32. The van der Waals surface area contributed by atoms with Crippen LogP contribution in [-0.4, -0.2) is 35.4 Å². The molecule has 0 aliphatic carbocycles. The third-order valence-electron chi connectivity index (χ3n) is 4.14. The molecule has 3 rings (SSSR count). The van der Waals surface area contributed by atoms with Crippen molar-refractivity contribution in [3.63, 3.8) is 0 Å². The number of nitrogens with zero attached hydrogens (tertiary/aromatic N) is 2. The fraction of sp³-hybridized carbons (Fsp3) is 0.250. The molecular formula is C16H14Cl2N2O5S. The molecule has 0 atom stereocenters. The third kappa shape index (κ3) is 2.56. The minimum Gasteiger partial charge on any atom is -0.504 e. The first-order valence-electron chi connectivity index (χ1n) is 7.36. The van der Waals surface area contributed by atoms with Crippen molar-refractivity contribution >= 4 is 43.7 Å². The molecule has 138 valence electrons. The summed E-state index contributed by atoms with van der Waals surface area (Å²) in [4.78, 5) is 7.66. The van der Waals surface area contributed by atoms with Crippen LogP contribution in [-0.2, 0) is 14.6 Å². The highest BCUT2D eigenvalue weighted by atomic mass is 35.5. The second-order valence-corrected chi connectivity index (χ2v) is 9.20. The van der Waals surface area contributed by atoms with Gasteiger partial charge in [0.2, 0.25) is 0 Å². The quantitative estimate of drug-likeness (QED) is 0.739. The number of hydrogen-bond acceptors (Lipinski definition) is 7. The summed E-state index contributed by atoms with van der Waals surface area (Å²) in [6.45, 7) is 2.14.